The lowest BCUT2D eigenvalue weighted by Crippen LogP contribution is -2.13. The Labute approximate surface area is 157 Å². The molecule has 0 unspecified atom stereocenters. The Morgan fingerprint density at radius 3 is 2.72 bits per heavy atom. The van der Waals surface area contributed by atoms with Crippen LogP contribution in [-0.2, 0) is 0 Å². The van der Waals surface area contributed by atoms with Crippen LogP contribution in [0.25, 0.3) is 22.4 Å². The maximum absolute atomic E-state index is 12.7. The lowest BCUT2D eigenvalue weighted by atomic mass is 10.1. The summed E-state index contributed by atoms with van der Waals surface area (Å²) in [5, 5.41) is 21.0. The SMILES string of the molecule is O=C(Nc1ccc(Br)cc1-c1nnn[nH]1)c1noc2ccc(Br)cc12. The van der Waals surface area contributed by atoms with Crippen molar-refractivity contribution in [1.29, 1.82) is 0 Å². The van der Waals surface area contributed by atoms with E-state index in [0.717, 1.165) is 8.95 Å². The van der Waals surface area contributed by atoms with Crippen LogP contribution in [0.1, 0.15) is 10.5 Å². The van der Waals surface area contributed by atoms with E-state index in [1.807, 2.05) is 6.07 Å². The van der Waals surface area contributed by atoms with Gasteiger partial charge in [-0.1, -0.05) is 37.0 Å². The maximum atomic E-state index is 12.7. The summed E-state index contributed by atoms with van der Waals surface area (Å²) in [6.45, 7) is 0. The second kappa shape index (κ2) is 6.37. The molecule has 0 atom stereocenters. The highest BCUT2D eigenvalue weighted by molar-refractivity contribution is 9.10. The summed E-state index contributed by atoms with van der Waals surface area (Å²) in [7, 11) is 0. The molecule has 0 saturated heterocycles. The highest BCUT2D eigenvalue weighted by Crippen LogP contribution is 2.29. The van der Waals surface area contributed by atoms with Gasteiger partial charge in [-0.2, -0.15) is 0 Å². The summed E-state index contributed by atoms with van der Waals surface area (Å²) in [5.74, 6) is 0.0391. The van der Waals surface area contributed by atoms with Crippen LogP contribution in [0.15, 0.2) is 49.9 Å². The molecule has 0 aliphatic carbocycles. The second-order valence-electron chi connectivity index (χ2n) is 5.07. The third kappa shape index (κ3) is 3.05. The van der Waals surface area contributed by atoms with Crippen molar-refractivity contribution in [2.45, 2.75) is 0 Å². The van der Waals surface area contributed by atoms with Crippen molar-refractivity contribution in [2.75, 3.05) is 5.32 Å². The largest absolute Gasteiger partial charge is 0.355 e. The number of rotatable bonds is 3. The van der Waals surface area contributed by atoms with Gasteiger partial charge >= 0.3 is 0 Å². The van der Waals surface area contributed by atoms with E-state index in [4.69, 9.17) is 4.52 Å². The number of fused-ring (bicyclic) bond motifs is 1. The minimum absolute atomic E-state index is 0.195. The van der Waals surface area contributed by atoms with Gasteiger partial charge in [0, 0.05) is 14.5 Å². The van der Waals surface area contributed by atoms with E-state index in [2.05, 4.69) is 63.0 Å². The Morgan fingerprint density at radius 2 is 1.92 bits per heavy atom. The maximum Gasteiger partial charge on any atom is 0.278 e. The number of nitrogens with one attached hydrogen (secondary N) is 2. The van der Waals surface area contributed by atoms with Gasteiger partial charge in [-0.05, 0) is 46.8 Å². The number of hydrogen-bond donors (Lipinski definition) is 2. The van der Waals surface area contributed by atoms with Gasteiger partial charge in [0.05, 0.1) is 11.1 Å². The number of aromatic amines is 1. The zero-order valence-corrected chi connectivity index (χ0v) is 15.5. The first-order chi connectivity index (χ1) is 12.1. The van der Waals surface area contributed by atoms with Crippen LogP contribution in [0.3, 0.4) is 0 Å². The molecule has 0 radical (unpaired) electrons. The number of carbonyl (C=O) groups excluding carboxylic acids is 1. The fourth-order valence-corrected chi connectivity index (χ4v) is 3.07. The number of tetrazole rings is 1. The molecule has 0 bridgehead atoms. The molecule has 4 rings (SSSR count). The summed E-state index contributed by atoms with van der Waals surface area (Å²) < 4.78 is 6.86. The van der Waals surface area contributed by atoms with Crippen LogP contribution in [0, 0.1) is 0 Å². The van der Waals surface area contributed by atoms with Crippen LogP contribution in [0.2, 0.25) is 0 Å². The van der Waals surface area contributed by atoms with Gasteiger partial charge in [0.1, 0.15) is 0 Å². The van der Waals surface area contributed by atoms with Crippen molar-refractivity contribution in [3.8, 4) is 11.4 Å². The van der Waals surface area contributed by atoms with Gasteiger partial charge in [0.15, 0.2) is 17.1 Å². The molecule has 0 saturated carbocycles. The highest BCUT2D eigenvalue weighted by atomic mass is 79.9. The first-order valence-corrected chi connectivity index (χ1v) is 8.60. The van der Waals surface area contributed by atoms with Gasteiger partial charge < -0.3 is 9.84 Å². The van der Waals surface area contributed by atoms with Crippen LogP contribution in [0.5, 0.6) is 0 Å². The molecule has 2 aromatic heterocycles. The first-order valence-electron chi connectivity index (χ1n) is 7.02. The molecule has 1 amide bonds. The van der Waals surface area contributed by atoms with Crippen molar-refractivity contribution >= 4 is 54.4 Å². The van der Waals surface area contributed by atoms with Gasteiger partial charge in [0.2, 0.25) is 0 Å². The van der Waals surface area contributed by atoms with E-state index in [-0.39, 0.29) is 5.69 Å². The number of hydrogen-bond acceptors (Lipinski definition) is 6. The minimum atomic E-state index is -0.395. The lowest BCUT2D eigenvalue weighted by molar-refractivity contribution is 0.102. The summed E-state index contributed by atoms with van der Waals surface area (Å²) in [5.41, 5.74) is 1.91. The standard InChI is InChI=1S/C15H8Br2N6O2/c16-7-1-3-11(9(5-7)14-19-22-23-20-14)18-15(24)13-10-6-8(17)2-4-12(10)25-21-13/h1-6H,(H,18,24)(H,19,20,22,23). The van der Waals surface area contributed by atoms with Crippen LogP contribution in [0.4, 0.5) is 5.69 Å². The van der Waals surface area contributed by atoms with Crippen molar-refractivity contribution in [1.82, 2.24) is 25.8 Å². The number of aromatic nitrogens is 5. The average molecular weight is 464 g/mol. The molecule has 0 aliphatic heterocycles. The Bertz CT molecular complexity index is 1080. The van der Waals surface area contributed by atoms with E-state index in [0.29, 0.717) is 28.0 Å². The smallest absolute Gasteiger partial charge is 0.278 e. The Kier molecular flexibility index (Phi) is 4.06. The molecule has 8 nitrogen and oxygen atoms in total. The molecule has 0 fully saturated rings. The summed E-state index contributed by atoms with van der Waals surface area (Å²) >= 11 is 6.78. The number of halogens is 2. The molecular weight excluding hydrogens is 456 g/mol. The van der Waals surface area contributed by atoms with Crippen LogP contribution < -0.4 is 5.32 Å². The summed E-state index contributed by atoms with van der Waals surface area (Å²) in [4.78, 5) is 12.7. The highest BCUT2D eigenvalue weighted by Gasteiger charge is 2.19. The number of benzene rings is 2. The molecule has 2 heterocycles. The summed E-state index contributed by atoms with van der Waals surface area (Å²) in [6.07, 6.45) is 0. The fraction of sp³-hybridized carbons (Fsp3) is 0. The predicted molar refractivity (Wildman–Crippen MR) is 97.0 cm³/mol. The first kappa shape index (κ1) is 15.9. The van der Waals surface area contributed by atoms with Crippen LogP contribution >= 0.6 is 31.9 Å². The van der Waals surface area contributed by atoms with E-state index >= 15 is 0 Å². The molecule has 0 aliphatic rings. The van der Waals surface area contributed by atoms with E-state index < -0.39 is 5.91 Å². The quantitative estimate of drug-likeness (QED) is 0.478. The zero-order chi connectivity index (χ0) is 17.4. The Morgan fingerprint density at radius 1 is 1.12 bits per heavy atom. The predicted octanol–water partition coefficient (Wildman–Crippen LogP) is 3.79. The average Bonchev–Trinajstić information content (AvgIpc) is 3.25. The Balaban J connectivity index is 1.73. The van der Waals surface area contributed by atoms with E-state index in [1.54, 1.807) is 30.3 Å². The van der Waals surface area contributed by atoms with Crippen molar-refractivity contribution in [3.05, 3.63) is 51.0 Å². The third-order valence-corrected chi connectivity index (χ3v) is 4.46. The Hall–Kier alpha value is -2.59. The van der Waals surface area contributed by atoms with Gasteiger partial charge in [-0.3, -0.25) is 4.79 Å². The lowest BCUT2D eigenvalue weighted by Gasteiger charge is -2.08. The van der Waals surface area contributed by atoms with E-state index in [1.165, 1.54) is 0 Å². The number of anilines is 1. The van der Waals surface area contributed by atoms with Crippen molar-refractivity contribution in [3.63, 3.8) is 0 Å². The van der Waals surface area contributed by atoms with E-state index in [9.17, 15) is 4.79 Å². The monoisotopic (exact) mass is 462 g/mol. The van der Waals surface area contributed by atoms with Crippen LogP contribution in [-0.4, -0.2) is 31.7 Å². The molecular formula is C15H8Br2N6O2. The fourth-order valence-electron chi connectivity index (χ4n) is 2.35. The molecule has 2 aromatic carbocycles. The third-order valence-electron chi connectivity index (χ3n) is 3.48. The van der Waals surface area contributed by atoms with Gasteiger partial charge in [-0.15, -0.1) is 5.10 Å². The topological polar surface area (TPSA) is 110 Å². The second-order valence-corrected chi connectivity index (χ2v) is 6.90. The van der Waals surface area contributed by atoms with Crippen molar-refractivity contribution in [2.24, 2.45) is 0 Å². The number of amides is 1. The summed E-state index contributed by atoms with van der Waals surface area (Å²) in [6, 6.07) is 10.7. The van der Waals surface area contributed by atoms with Gasteiger partial charge in [0.25, 0.3) is 5.91 Å². The molecule has 10 heteroatoms. The molecule has 0 spiro atoms. The number of carbonyl (C=O) groups is 1. The zero-order valence-electron chi connectivity index (χ0n) is 12.3. The normalized spacial score (nSPS) is 11.0. The number of H-pyrrole nitrogens is 1. The molecule has 2 N–H and O–H groups in total. The number of nitrogens with zero attached hydrogens (tertiary/aromatic N) is 4. The van der Waals surface area contributed by atoms with Crippen molar-refractivity contribution < 1.29 is 9.32 Å². The van der Waals surface area contributed by atoms with Gasteiger partial charge in [-0.25, -0.2) is 5.10 Å². The minimum Gasteiger partial charge on any atom is -0.355 e. The molecule has 25 heavy (non-hydrogen) atoms. The molecule has 4 aromatic rings. The molecule has 124 valence electrons.